The summed E-state index contributed by atoms with van der Waals surface area (Å²) in [5.74, 6) is -0.425. The molecule has 1 unspecified atom stereocenters. The Bertz CT molecular complexity index is 652. The van der Waals surface area contributed by atoms with Gasteiger partial charge in [-0.15, -0.1) is 0 Å². The smallest absolute Gasteiger partial charge is 0.333 e. The molecule has 1 N–H and O–H groups in total. The molecule has 2 aromatic carbocycles. The van der Waals surface area contributed by atoms with Gasteiger partial charge >= 0.3 is 5.97 Å². The second-order valence-electron chi connectivity index (χ2n) is 4.84. The number of carbonyl (C=O) groups excluding carboxylic acids is 2. The van der Waals surface area contributed by atoms with Crippen molar-refractivity contribution in [2.24, 2.45) is 0 Å². The number of ketones is 1. The fourth-order valence-electron chi connectivity index (χ4n) is 2.22. The molecule has 0 aromatic heterocycles. The fraction of sp³-hybridized carbons (Fsp3) is 0.222. The minimum atomic E-state index is -0.651. The average Bonchev–Trinajstić information content (AvgIpc) is 2.53. The Balaban J connectivity index is 2.35. The zero-order chi connectivity index (χ0) is 15.9. The molecule has 0 bridgehead atoms. The van der Waals surface area contributed by atoms with E-state index in [9.17, 15) is 9.59 Å². The van der Waals surface area contributed by atoms with E-state index in [-0.39, 0.29) is 11.8 Å². The number of hydrogen-bond acceptors (Lipinski definition) is 4. The summed E-state index contributed by atoms with van der Waals surface area (Å²) in [5.41, 5.74) is 1.96. The number of para-hydroxylation sites is 1. The third kappa shape index (κ3) is 3.73. The summed E-state index contributed by atoms with van der Waals surface area (Å²) in [6.07, 6.45) is 0. The quantitative estimate of drug-likeness (QED) is 0.654. The van der Waals surface area contributed by atoms with Crippen molar-refractivity contribution in [3.8, 4) is 0 Å². The second-order valence-corrected chi connectivity index (χ2v) is 4.84. The number of esters is 1. The van der Waals surface area contributed by atoms with Crippen LogP contribution in [-0.2, 0) is 9.53 Å². The van der Waals surface area contributed by atoms with Gasteiger partial charge in [0.05, 0.1) is 6.61 Å². The minimum absolute atomic E-state index is 0.0567. The van der Waals surface area contributed by atoms with Gasteiger partial charge in [0.1, 0.15) is 0 Å². The Hall–Kier alpha value is -2.62. The maximum atomic E-state index is 12.3. The van der Waals surface area contributed by atoms with Crippen LogP contribution in [-0.4, -0.2) is 18.4 Å². The number of anilines is 1. The van der Waals surface area contributed by atoms with Gasteiger partial charge in [0.25, 0.3) is 0 Å². The number of Topliss-reactive ketones (excluding diaryl/α,β-unsaturated/α-hetero) is 1. The number of carbonyl (C=O) groups is 2. The van der Waals surface area contributed by atoms with Gasteiger partial charge in [-0.05, 0) is 31.5 Å². The molecule has 0 radical (unpaired) electrons. The first-order valence-electron chi connectivity index (χ1n) is 7.21. The Morgan fingerprint density at radius 1 is 1.05 bits per heavy atom. The molecule has 0 saturated carbocycles. The lowest BCUT2D eigenvalue weighted by Crippen LogP contribution is -2.24. The van der Waals surface area contributed by atoms with Crippen LogP contribution >= 0.6 is 0 Å². The van der Waals surface area contributed by atoms with Crippen LogP contribution in [0.15, 0.2) is 54.6 Å². The SMILES string of the molecule is CCOC(=O)C(Nc1ccccc1C(C)=O)c1ccccc1. The van der Waals surface area contributed by atoms with Gasteiger partial charge < -0.3 is 10.1 Å². The van der Waals surface area contributed by atoms with Gasteiger partial charge in [0, 0.05) is 11.3 Å². The minimum Gasteiger partial charge on any atom is -0.464 e. The Morgan fingerprint density at radius 2 is 1.68 bits per heavy atom. The molecule has 4 heteroatoms. The molecule has 1 atom stereocenters. The van der Waals surface area contributed by atoms with Crippen molar-refractivity contribution in [3.05, 3.63) is 65.7 Å². The van der Waals surface area contributed by atoms with Crippen LogP contribution in [0.5, 0.6) is 0 Å². The summed E-state index contributed by atoms with van der Waals surface area (Å²) in [6, 6.07) is 15.8. The van der Waals surface area contributed by atoms with E-state index in [2.05, 4.69) is 5.32 Å². The summed E-state index contributed by atoms with van der Waals surface area (Å²) >= 11 is 0. The van der Waals surface area contributed by atoms with Crippen molar-refractivity contribution in [2.75, 3.05) is 11.9 Å². The first-order valence-corrected chi connectivity index (χ1v) is 7.21. The summed E-state index contributed by atoms with van der Waals surface area (Å²) in [6.45, 7) is 3.57. The van der Waals surface area contributed by atoms with E-state index in [0.29, 0.717) is 17.9 Å². The highest BCUT2D eigenvalue weighted by molar-refractivity contribution is 6.00. The Kier molecular flexibility index (Phi) is 5.31. The molecule has 0 fully saturated rings. The Labute approximate surface area is 130 Å². The van der Waals surface area contributed by atoms with E-state index >= 15 is 0 Å². The third-order valence-electron chi connectivity index (χ3n) is 3.26. The lowest BCUT2D eigenvalue weighted by atomic mass is 10.0. The molecule has 2 aromatic rings. The van der Waals surface area contributed by atoms with E-state index in [1.807, 2.05) is 36.4 Å². The predicted octanol–water partition coefficient (Wildman–Crippen LogP) is 3.61. The molecule has 4 nitrogen and oxygen atoms in total. The zero-order valence-electron chi connectivity index (χ0n) is 12.7. The van der Waals surface area contributed by atoms with Gasteiger partial charge in [-0.25, -0.2) is 4.79 Å². The molecule has 0 saturated heterocycles. The van der Waals surface area contributed by atoms with E-state index in [1.165, 1.54) is 6.92 Å². The third-order valence-corrected chi connectivity index (χ3v) is 3.26. The average molecular weight is 297 g/mol. The van der Waals surface area contributed by atoms with Crippen LogP contribution in [0.4, 0.5) is 5.69 Å². The highest BCUT2D eigenvalue weighted by Gasteiger charge is 2.23. The predicted molar refractivity (Wildman–Crippen MR) is 85.9 cm³/mol. The molecule has 0 aliphatic heterocycles. The molecule has 0 aliphatic carbocycles. The zero-order valence-corrected chi connectivity index (χ0v) is 12.7. The monoisotopic (exact) mass is 297 g/mol. The standard InChI is InChI=1S/C18H19NO3/c1-3-22-18(21)17(14-9-5-4-6-10-14)19-16-12-8-7-11-15(16)13(2)20/h4-12,17,19H,3H2,1-2H3. The number of nitrogens with one attached hydrogen (secondary N) is 1. The lowest BCUT2D eigenvalue weighted by Gasteiger charge is -2.20. The molecular formula is C18H19NO3. The molecule has 0 heterocycles. The van der Waals surface area contributed by atoms with Crippen LogP contribution in [0.1, 0.15) is 35.8 Å². The lowest BCUT2D eigenvalue weighted by molar-refractivity contribution is -0.144. The maximum absolute atomic E-state index is 12.3. The summed E-state index contributed by atoms with van der Waals surface area (Å²) < 4.78 is 5.14. The number of hydrogen-bond donors (Lipinski definition) is 1. The van der Waals surface area contributed by atoms with Gasteiger partial charge in [0.2, 0.25) is 0 Å². The molecular weight excluding hydrogens is 278 g/mol. The van der Waals surface area contributed by atoms with Gasteiger partial charge in [-0.3, -0.25) is 4.79 Å². The maximum Gasteiger partial charge on any atom is 0.333 e. The summed E-state index contributed by atoms with van der Waals surface area (Å²) in [5, 5.41) is 3.13. The summed E-state index contributed by atoms with van der Waals surface area (Å²) in [7, 11) is 0. The first-order chi connectivity index (χ1) is 10.6. The highest BCUT2D eigenvalue weighted by atomic mass is 16.5. The molecule has 0 amide bonds. The molecule has 0 aliphatic rings. The van der Waals surface area contributed by atoms with Gasteiger partial charge in [0.15, 0.2) is 11.8 Å². The number of ether oxygens (including phenoxy) is 1. The van der Waals surface area contributed by atoms with Crippen molar-refractivity contribution < 1.29 is 14.3 Å². The Morgan fingerprint density at radius 3 is 2.32 bits per heavy atom. The van der Waals surface area contributed by atoms with Crippen molar-refractivity contribution >= 4 is 17.4 Å². The second kappa shape index (κ2) is 7.41. The van der Waals surface area contributed by atoms with E-state index < -0.39 is 6.04 Å². The molecule has 22 heavy (non-hydrogen) atoms. The fourth-order valence-corrected chi connectivity index (χ4v) is 2.22. The van der Waals surface area contributed by atoms with Crippen molar-refractivity contribution in [1.29, 1.82) is 0 Å². The number of benzene rings is 2. The van der Waals surface area contributed by atoms with Crippen molar-refractivity contribution in [3.63, 3.8) is 0 Å². The molecule has 0 spiro atoms. The first kappa shape index (κ1) is 15.8. The van der Waals surface area contributed by atoms with E-state index in [0.717, 1.165) is 5.56 Å². The highest BCUT2D eigenvalue weighted by Crippen LogP contribution is 2.24. The van der Waals surface area contributed by atoms with Crippen LogP contribution in [0.2, 0.25) is 0 Å². The van der Waals surface area contributed by atoms with Crippen LogP contribution in [0.3, 0.4) is 0 Å². The van der Waals surface area contributed by atoms with Crippen molar-refractivity contribution in [1.82, 2.24) is 0 Å². The number of rotatable bonds is 6. The summed E-state index contributed by atoms with van der Waals surface area (Å²) in [4.78, 5) is 24.0. The van der Waals surface area contributed by atoms with Crippen LogP contribution in [0, 0.1) is 0 Å². The van der Waals surface area contributed by atoms with Gasteiger partial charge in [-0.2, -0.15) is 0 Å². The van der Waals surface area contributed by atoms with Crippen LogP contribution < -0.4 is 5.32 Å². The van der Waals surface area contributed by atoms with E-state index in [1.54, 1.807) is 25.1 Å². The van der Waals surface area contributed by atoms with Gasteiger partial charge in [-0.1, -0.05) is 42.5 Å². The normalized spacial score (nSPS) is 11.5. The van der Waals surface area contributed by atoms with Crippen molar-refractivity contribution in [2.45, 2.75) is 19.9 Å². The molecule has 2 rings (SSSR count). The molecule has 114 valence electrons. The van der Waals surface area contributed by atoms with Crippen LogP contribution in [0.25, 0.3) is 0 Å². The topological polar surface area (TPSA) is 55.4 Å². The van der Waals surface area contributed by atoms with E-state index in [4.69, 9.17) is 4.74 Å². The largest absolute Gasteiger partial charge is 0.464 e.